The van der Waals surface area contributed by atoms with Gasteiger partial charge in [-0.3, -0.25) is 0 Å². The van der Waals surface area contributed by atoms with Crippen LogP contribution in [0.2, 0.25) is 5.02 Å². The van der Waals surface area contributed by atoms with Crippen LogP contribution in [0.15, 0.2) is 36.4 Å². The minimum Gasteiger partial charge on any atom is -0.493 e. The highest BCUT2D eigenvalue weighted by Gasteiger charge is 2.59. The molecule has 1 N–H and O–H groups in total. The van der Waals surface area contributed by atoms with Gasteiger partial charge in [-0.15, -0.1) is 0 Å². The van der Waals surface area contributed by atoms with Crippen LogP contribution in [0.25, 0.3) is 0 Å². The summed E-state index contributed by atoms with van der Waals surface area (Å²) in [5.41, 5.74) is 3.20. The summed E-state index contributed by atoms with van der Waals surface area (Å²) in [5, 5.41) is 4.35. The first kappa shape index (κ1) is 22.0. The maximum atomic E-state index is 13.3. The van der Waals surface area contributed by atoms with Crippen molar-refractivity contribution in [2.24, 2.45) is 16.7 Å². The Labute approximate surface area is 195 Å². The number of halogens is 2. The zero-order valence-corrected chi connectivity index (χ0v) is 20.0. The van der Waals surface area contributed by atoms with Crippen LogP contribution in [0.3, 0.4) is 0 Å². The molecule has 172 valence electrons. The molecule has 0 amide bonds. The van der Waals surface area contributed by atoms with Gasteiger partial charge in [0.15, 0.2) is 11.5 Å². The smallest absolute Gasteiger partial charge is 0.161 e. The zero-order chi connectivity index (χ0) is 22.6. The Hall–Kier alpha value is -1.78. The quantitative estimate of drug-likeness (QED) is 0.490. The first-order chi connectivity index (χ1) is 15.2. The SMILES string of the molecule is COc1cc(CNC23CC4C[C@@](C)(C2)C[C@](C)(C4)C3)ccc1OCc1ccc(F)cc1Cl. The zero-order valence-electron chi connectivity index (χ0n) is 19.3. The summed E-state index contributed by atoms with van der Waals surface area (Å²) >= 11 is 6.12. The van der Waals surface area contributed by atoms with Crippen LogP contribution in [0.4, 0.5) is 4.39 Å². The molecule has 4 aliphatic carbocycles. The number of rotatable bonds is 7. The molecule has 0 spiro atoms. The van der Waals surface area contributed by atoms with E-state index in [-0.39, 0.29) is 18.0 Å². The van der Waals surface area contributed by atoms with Crippen molar-refractivity contribution in [3.63, 3.8) is 0 Å². The molecule has 32 heavy (non-hydrogen) atoms. The minimum absolute atomic E-state index is 0.259. The molecule has 4 atom stereocenters. The molecule has 2 aromatic rings. The molecule has 0 heterocycles. The molecule has 4 aliphatic rings. The summed E-state index contributed by atoms with van der Waals surface area (Å²) in [6, 6.07) is 10.4. The van der Waals surface area contributed by atoms with Crippen molar-refractivity contribution in [3.05, 3.63) is 58.4 Å². The van der Waals surface area contributed by atoms with Gasteiger partial charge >= 0.3 is 0 Å². The fraction of sp³-hybridized carbons (Fsp3) is 0.556. The first-order valence-electron chi connectivity index (χ1n) is 11.7. The first-order valence-corrected chi connectivity index (χ1v) is 12.1. The van der Waals surface area contributed by atoms with E-state index in [1.807, 2.05) is 6.07 Å². The van der Waals surface area contributed by atoms with Gasteiger partial charge in [0.05, 0.1) is 12.1 Å². The Morgan fingerprint density at radius 2 is 1.75 bits per heavy atom. The second-order valence-corrected chi connectivity index (χ2v) is 11.7. The highest BCUT2D eigenvalue weighted by atomic mass is 35.5. The summed E-state index contributed by atoms with van der Waals surface area (Å²) in [6.45, 7) is 6.11. The maximum Gasteiger partial charge on any atom is 0.161 e. The molecule has 0 radical (unpaired) electrons. The molecule has 0 aliphatic heterocycles. The summed E-state index contributed by atoms with van der Waals surface area (Å²) in [4.78, 5) is 0. The molecule has 4 saturated carbocycles. The Bertz CT molecular complexity index is 1010. The molecule has 0 aromatic heterocycles. The molecular weight excluding hydrogens is 425 g/mol. The Balaban J connectivity index is 1.26. The van der Waals surface area contributed by atoms with E-state index in [1.165, 1.54) is 56.2 Å². The lowest BCUT2D eigenvalue weighted by atomic mass is 9.43. The van der Waals surface area contributed by atoms with Gasteiger partial charge in [0.25, 0.3) is 0 Å². The summed E-state index contributed by atoms with van der Waals surface area (Å²) in [5.74, 6) is 1.88. The van der Waals surface area contributed by atoms with Gasteiger partial charge in [-0.05, 0) is 85.1 Å². The fourth-order valence-corrected chi connectivity index (χ4v) is 7.89. The maximum absolute atomic E-state index is 13.3. The number of benzene rings is 2. The summed E-state index contributed by atoms with van der Waals surface area (Å²) in [6.07, 6.45) is 8.10. The predicted octanol–water partition coefficient (Wildman–Crippen LogP) is 6.91. The van der Waals surface area contributed by atoms with Gasteiger partial charge in [-0.25, -0.2) is 4.39 Å². The van der Waals surface area contributed by atoms with Crippen molar-refractivity contribution >= 4 is 11.6 Å². The van der Waals surface area contributed by atoms with Gasteiger partial charge in [0, 0.05) is 17.6 Å². The molecule has 2 unspecified atom stereocenters. The normalized spacial score (nSPS) is 32.8. The standard InChI is InChI=1S/C27H33ClFNO2/c1-25-10-19-11-26(2,15-25)17-27(12-19,16-25)30-13-18-4-7-23(24(8-18)31-3)32-14-20-5-6-21(29)9-22(20)28/h4-9,19,30H,10-17H2,1-3H3/t19?,25-,26+,27?. The van der Waals surface area contributed by atoms with Crippen molar-refractivity contribution < 1.29 is 13.9 Å². The molecule has 4 bridgehead atoms. The highest BCUT2D eigenvalue weighted by molar-refractivity contribution is 6.31. The predicted molar refractivity (Wildman–Crippen MR) is 126 cm³/mol. The van der Waals surface area contributed by atoms with Crippen molar-refractivity contribution in [2.45, 2.75) is 71.1 Å². The van der Waals surface area contributed by atoms with Crippen LogP contribution in [0.1, 0.15) is 63.5 Å². The van der Waals surface area contributed by atoms with E-state index < -0.39 is 0 Å². The number of ether oxygens (including phenoxy) is 2. The van der Waals surface area contributed by atoms with E-state index in [1.54, 1.807) is 13.2 Å². The topological polar surface area (TPSA) is 30.5 Å². The van der Waals surface area contributed by atoms with Crippen LogP contribution in [-0.4, -0.2) is 12.6 Å². The van der Waals surface area contributed by atoms with Crippen molar-refractivity contribution in [1.29, 1.82) is 0 Å². The number of nitrogens with one attached hydrogen (secondary N) is 1. The van der Waals surface area contributed by atoms with E-state index in [4.69, 9.17) is 21.1 Å². The lowest BCUT2D eigenvalue weighted by Gasteiger charge is -2.65. The molecule has 6 rings (SSSR count). The lowest BCUT2D eigenvalue weighted by molar-refractivity contribution is -0.118. The molecular formula is C27H33ClFNO2. The number of methoxy groups -OCH3 is 1. The Kier molecular flexibility index (Phi) is 5.45. The van der Waals surface area contributed by atoms with Crippen molar-refractivity contribution in [2.75, 3.05) is 7.11 Å². The van der Waals surface area contributed by atoms with Crippen LogP contribution in [0, 0.1) is 22.6 Å². The third-order valence-electron chi connectivity index (χ3n) is 7.92. The third-order valence-corrected chi connectivity index (χ3v) is 8.27. The average molecular weight is 458 g/mol. The van der Waals surface area contributed by atoms with Gasteiger partial charge in [0.1, 0.15) is 12.4 Å². The summed E-state index contributed by atoms with van der Waals surface area (Å²) < 4.78 is 24.8. The molecule has 4 fully saturated rings. The highest BCUT2D eigenvalue weighted by Crippen LogP contribution is 2.66. The number of hydrogen-bond donors (Lipinski definition) is 1. The van der Waals surface area contributed by atoms with E-state index in [2.05, 4.69) is 31.3 Å². The van der Waals surface area contributed by atoms with Crippen LogP contribution >= 0.6 is 11.6 Å². The molecule has 2 aromatic carbocycles. The van der Waals surface area contributed by atoms with Gasteiger partial charge in [0.2, 0.25) is 0 Å². The van der Waals surface area contributed by atoms with Gasteiger partial charge in [-0.1, -0.05) is 37.6 Å². The fourth-order valence-electron chi connectivity index (χ4n) is 7.67. The average Bonchev–Trinajstić information content (AvgIpc) is 2.69. The van der Waals surface area contributed by atoms with Crippen LogP contribution < -0.4 is 14.8 Å². The van der Waals surface area contributed by atoms with E-state index in [0.29, 0.717) is 27.4 Å². The van der Waals surface area contributed by atoms with Crippen LogP contribution in [-0.2, 0) is 13.2 Å². The molecule has 3 nitrogen and oxygen atoms in total. The van der Waals surface area contributed by atoms with Gasteiger partial charge in [-0.2, -0.15) is 0 Å². The van der Waals surface area contributed by atoms with E-state index >= 15 is 0 Å². The third kappa shape index (κ3) is 4.24. The number of hydrogen-bond acceptors (Lipinski definition) is 3. The second kappa shape index (κ2) is 7.92. The van der Waals surface area contributed by atoms with Crippen molar-refractivity contribution in [3.8, 4) is 11.5 Å². The van der Waals surface area contributed by atoms with E-state index in [0.717, 1.165) is 18.0 Å². The summed E-state index contributed by atoms with van der Waals surface area (Å²) in [7, 11) is 1.66. The molecule has 5 heteroatoms. The largest absolute Gasteiger partial charge is 0.493 e. The second-order valence-electron chi connectivity index (χ2n) is 11.3. The lowest BCUT2D eigenvalue weighted by Crippen LogP contribution is -2.63. The Morgan fingerprint density at radius 3 is 2.41 bits per heavy atom. The minimum atomic E-state index is -0.352. The molecule has 0 saturated heterocycles. The monoisotopic (exact) mass is 457 g/mol. The van der Waals surface area contributed by atoms with Crippen molar-refractivity contribution in [1.82, 2.24) is 5.32 Å². The van der Waals surface area contributed by atoms with Gasteiger partial charge < -0.3 is 14.8 Å². The van der Waals surface area contributed by atoms with Crippen LogP contribution in [0.5, 0.6) is 11.5 Å². The van der Waals surface area contributed by atoms with E-state index in [9.17, 15) is 4.39 Å². The Morgan fingerprint density at radius 1 is 1.00 bits per heavy atom.